The Bertz CT molecular complexity index is 872. The van der Waals surface area contributed by atoms with E-state index in [-0.39, 0.29) is 29.3 Å². The molecule has 0 bridgehead atoms. The highest BCUT2D eigenvalue weighted by Crippen LogP contribution is 2.24. The van der Waals surface area contributed by atoms with E-state index >= 15 is 0 Å². The molecule has 28 heavy (non-hydrogen) atoms. The maximum atomic E-state index is 13.0. The Morgan fingerprint density at radius 2 is 2.11 bits per heavy atom. The van der Waals surface area contributed by atoms with Gasteiger partial charge in [0.15, 0.2) is 0 Å². The number of pyridine rings is 1. The predicted molar refractivity (Wildman–Crippen MR) is 106 cm³/mol. The van der Waals surface area contributed by atoms with Gasteiger partial charge in [-0.3, -0.25) is 14.4 Å². The van der Waals surface area contributed by atoms with Crippen LogP contribution in [0.25, 0.3) is 11.5 Å². The lowest BCUT2D eigenvalue weighted by atomic mass is 9.92. The summed E-state index contributed by atoms with van der Waals surface area (Å²) in [6.45, 7) is 5.01. The highest BCUT2D eigenvalue weighted by atomic mass is 16.3. The SMILES string of the molecule is CCCCNC(=O)C1CCC(C)N(C(=O)c2ccc(-c3ccco3)[nH]c2=O)C1. The maximum absolute atomic E-state index is 13.0. The number of carbonyl (C=O) groups excluding carboxylic acids is 2. The van der Waals surface area contributed by atoms with Crippen LogP contribution in [0.15, 0.2) is 39.7 Å². The van der Waals surface area contributed by atoms with E-state index in [9.17, 15) is 14.4 Å². The van der Waals surface area contributed by atoms with Gasteiger partial charge in [-0.1, -0.05) is 13.3 Å². The van der Waals surface area contributed by atoms with E-state index < -0.39 is 5.56 Å². The molecule has 150 valence electrons. The van der Waals surface area contributed by atoms with E-state index in [2.05, 4.69) is 17.2 Å². The summed E-state index contributed by atoms with van der Waals surface area (Å²) in [5.41, 5.74) is 0.140. The van der Waals surface area contributed by atoms with E-state index in [4.69, 9.17) is 4.42 Å². The number of carbonyl (C=O) groups is 2. The maximum Gasteiger partial charge on any atom is 0.261 e. The molecule has 2 aromatic rings. The van der Waals surface area contributed by atoms with Crippen LogP contribution < -0.4 is 10.9 Å². The van der Waals surface area contributed by atoms with E-state index in [1.807, 2.05) is 6.92 Å². The molecule has 1 aliphatic rings. The van der Waals surface area contributed by atoms with Gasteiger partial charge in [0.2, 0.25) is 5.91 Å². The van der Waals surface area contributed by atoms with Crippen LogP contribution >= 0.6 is 0 Å². The average Bonchev–Trinajstić information content (AvgIpc) is 3.22. The Hall–Kier alpha value is -2.83. The number of rotatable bonds is 6. The lowest BCUT2D eigenvalue weighted by molar-refractivity contribution is -0.126. The molecule has 1 fully saturated rings. The minimum absolute atomic E-state index is 0.0137. The molecule has 1 saturated heterocycles. The van der Waals surface area contributed by atoms with Crippen molar-refractivity contribution in [2.75, 3.05) is 13.1 Å². The highest BCUT2D eigenvalue weighted by Gasteiger charge is 2.33. The summed E-state index contributed by atoms with van der Waals surface area (Å²) in [5, 5.41) is 2.95. The predicted octanol–water partition coefficient (Wildman–Crippen LogP) is 2.79. The number of unbranched alkanes of at least 4 members (excludes halogenated alkanes) is 1. The van der Waals surface area contributed by atoms with E-state index in [1.54, 1.807) is 23.1 Å². The summed E-state index contributed by atoms with van der Waals surface area (Å²) in [6, 6.07) is 6.64. The second-order valence-corrected chi connectivity index (χ2v) is 7.32. The summed E-state index contributed by atoms with van der Waals surface area (Å²) in [5.74, 6) is -0.0595. The van der Waals surface area contributed by atoms with Crippen molar-refractivity contribution in [1.82, 2.24) is 15.2 Å². The number of furan rings is 1. The number of nitrogens with one attached hydrogen (secondary N) is 2. The molecule has 2 amide bonds. The van der Waals surface area contributed by atoms with Crippen LogP contribution in [0.5, 0.6) is 0 Å². The minimum atomic E-state index is -0.458. The third-order valence-electron chi connectivity index (χ3n) is 5.27. The largest absolute Gasteiger partial charge is 0.463 e. The van der Waals surface area contributed by atoms with Crippen LogP contribution in [-0.4, -0.2) is 40.8 Å². The van der Waals surface area contributed by atoms with Crippen molar-refractivity contribution in [3.8, 4) is 11.5 Å². The normalized spacial score (nSPS) is 19.4. The van der Waals surface area contributed by atoms with Crippen LogP contribution in [0.3, 0.4) is 0 Å². The van der Waals surface area contributed by atoms with Crippen LogP contribution in [0.1, 0.15) is 49.9 Å². The van der Waals surface area contributed by atoms with Crippen molar-refractivity contribution in [1.29, 1.82) is 0 Å². The topological polar surface area (TPSA) is 95.4 Å². The number of amides is 2. The number of nitrogens with zero attached hydrogens (tertiary/aromatic N) is 1. The molecule has 2 N–H and O–H groups in total. The number of piperidine rings is 1. The van der Waals surface area contributed by atoms with Gasteiger partial charge in [0, 0.05) is 19.1 Å². The Morgan fingerprint density at radius 1 is 1.29 bits per heavy atom. The van der Waals surface area contributed by atoms with Gasteiger partial charge in [-0.15, -0.1) is 0 Å². The third-order valence-corrected chi connectivity index (χ3v) is 5.27. The lowest BCUT2D eigenvalue weighted by Crippen LogP contribution is -2.50. The standard InChI is InChI=1S/C21H27N3O4/c1-3-4-11-22-19(25)15-8-7-14(2)24(13-15)21(27)16-9-10-17(23-20(16)26)18-6-5-12-28-18/h5-6,9-10,12,14-15H,3-4,7-8,11,13H2,1-2H3,(H,22,25)(H,23,26). The van der Waals surface area contributed by atoms with Gasteiger partial charge in [-0.2, -0.15) is 0 Å². The number of hydrogen-bond acceptors (Lipinski definition) is 4. The fourth-order valence-electron chi connectivity index (χ4n) is 3.51. The van der Waals surface area contributed by atoms with Crippen LogP contribution in [0, 0.1) is 5.92 Å². The zero-order chi connectivity index (χ0) is 20.1. The minimum Gasteiger partial charge on any atom is -0.463 e. The molecule has 0 spiro atoms. The monoisotopic (exact) mass is 385 g/mol. The van der Waals surface area contributed by atoms with Gasteiger partial charge in [0.25, 0.3) is 11.5 Å². The fraction of sp³-hybridized carbons (Fsp3) is 0.476. The second-order valence-electron chi connectivity index (χ2n) is 7.32. The first-order valence-electron chi connectivity index (χ1n) is 9.87. The van der Waals surface area contributed by atoms with Gasteiger partial charge in [-0.05, 0) is 50.5 Å². The summed E-state index contributed by atoms with van der Waals surface area (Å²) in [4.78, 5) is 42.2. The number of H-pyrrole nitrogens is 1. The third kappa shape index (κ3) is 4.35. The smallest absolute Gasteiger partial charge is 0.261 e. The summed E-state index contributed by atoms with van der Waals surface area (Å²) < 4.78 is 5.28. The number of aromatic nitrogens is 1. The van der Waals surface area contributed by atoms with E-state index in [0.29, 0.717) is 24.5 Å². The lowest BCUT2D eigenvalue weighted by Gasteiger charge is -2.37. The molecule has 1 aliphatic heterocycles. The van der Waals surface area contributed by atoms with Crippen LogP contribution in [0.2, 0.25) is 0 Å². The van der Waals surface area contributed by atoms with Gasteiger partial charge >= 0.3 is 0 Å². The molecule has 7 nitrogen and oxygen atoms in total. The summed E-state index contributed by atoms with van der Waals surface area (Å²) >= 11 is 0. The zero-order valence-electron chi connectivity index (χ0n) is 16.4. The zero-order valence-corrected chi connectivity index (χ0v) is 16.4. The van der Waals surface area contributed by atoms with Gasteiger partial charge in [0.05, 0.1) is 17.9 Å². The van der Waals surface area contributed by atoms with Gasteiger partial charge in [-0.25, -0.2) is 0 Å². The average molecular weight is 385 g/mol. The van der Waals surface area contributed by atoms with E-state index in [1.165, 1.54) is 12.3 Å². The van der Waals surface area contributed by atoms with Crippen molar-refractivity contribution >= 4 is 11.8 Å². The first kappa shape index (κ1) is 19.9. The number of likely N-dealkylation sites (tertiary alicyclic amines) is 1. The molecule has 3 heterocycles. The van der Waals surface area contributed by atoms with Crippen molar-refractivity contribution in [2.45, 2.75) is 45.6 Å². The van der Waals surface area contributed by atoms with E-state index in [0.717, 1.165) is 25.7 Å². The van der Waals surface area contributed by atoms with Gasteiger partial charge in [0.1, 0.15) is 11.3 Å². The molecule has 2 aromatic heterocycles. The Kier molecular flexibility index (Phi) is 6.34. The van der Waals surface area contributed by atoms with Gasteiger partial charge < -0.3 is 19.6 Å². The first-order chi connectivity index (χ1) is 13.5. The molecule has 0 aromatic carbocycles. The quantitative estimate of drug-likeness (QED) is 0.748. The molecule has 0 saturated carbocycles. The van der Waals surface area contributed by atoms with Crippen molar-refractivity contribution in [3.05, 3.63) is 46.4 Å². The second kappa shape index (κ2) is 8.91. The molecular weight excluding hydrogens is 358 g/mol. The Labute approximate surface area is 164 Å². The fourth-order valence-corrected chi connectivity index (χ4v) is 3.51. The first-order valence-corrected chi connectivity index (χ1v) is 9.87. The van der Waals surface area contributed by atoms with Crippen molar-refractivity contribution < 1.29 is 14.0 Å². The number of hydrogen-bond donors (Lipinski definition) is 2. The number of aromatic amines is 1. The summed E-state index contributed by atoms with van der Waals surface area (Å²) in [6.07, 6.45) is 4.96. The van der Waals surface area contributed by atoms with Crippen LogP contribution in [0.4, 0.5) is 0 Å². The Morgan fingerprint density at radius 3 is 2.79 bits per heavy atom. The molecule has 2 atom stereocenters. The molecular formula is C21H27N3O4. The molecule has 0 radical (unpaired) electrons. The molecule has 3 rings (SSSR count). The molecule has 0 aliphatic carbocycles. The highest BCUT2D eigenvalue weighted by molar-refractivity contribution is 5.94. The molecule has 7 heteroatoms. The summed E-state index contributed by atoms with van der Waals surface area (Å²) in [7, 11) is 0. The van der Waals surface area contributed by atoms with Crippen LogP contribution in [-0.2, 0) is 4.79 Å². The van der Waals surface area contributed by atoms with Crippen molar-refractivity contribution in [2.24, 2.45) is 5.92 Å². The Balaban J connectivity index is 1.73. The van der Waals surface area contributed by atoms with Crippen molar-refractivity contribution in [3.63, 3.8) is 0 Å². The molecule has 2 unspecified atom stereocenters.